The summed E-state index contributed by atoms with van der Waals surface area (Å²) in [6, 6.07) is 5.42. The Hall–Kier alpha value is -3.91. The van der Waals surface area contributed by atoms with Gasteiger partial charge in [-0.1, -0.05) is 13.8 Å². The molecule has 214 valence electrons. The van der Waals surface area contributed by atoms with E-state index in [-0.39, 0.29) is 68.0 Å². The average molecular weight is 592 g/mol. The van der Waals surface area contributed by atoms with Crippen molar-refractivity contribution in [3.63, 3.8) is 0 Å². The summed E-state index contributed by atoms with van der Waals surface area (Å²) >= 11 is 0. The molecule has 2 aliphatic heterocycles. The summed E-state index contributed by atoms with van der Waals surface area (Å²) in [6.45, 7) is 3.62. The minimum absolute atomic E-state index is 0.00391. The van der Waals surface area contributed by atoms with Crippen LogP contribution < -0.4 is 11.5 Å². The van der Waals surface area contributed by atoms with Crippen LogP contribution in [-0.4, -0.2) is 64.9 Å². The number of amides is 1. The lowest BCUT2D eigenvalue weighted by molar-refractivity contribution is 0.0598. The van der Waals surface area contributed by atoms with Crippen LogP contribution in [0, 0.1) is 0 Å². The lowest BCUT2D eigenvalue weighted by atomic mass is 9.98. The van der Waals surface area contributed by atoms with Crippen molar-refractivity contribution in [2.75, 3.05) is 18.6 Å². The van der Waals surface area contributed by atoms with Gasteiger partial charge < -0.3 is 16.2 Å². The number of sulfone groups is 2. The van der Waals surface area contributed by atoms with Crippen molar-refractivity contribution in [2.24, 2.45) is 16.5 Å². The third-order valence-electron chi connectivity index (χ3n) is 6.51. The van der Waals surface area contributed by atoms with E-state index in [9.17, 15) is 36.0 Å². The Balaban J connectivity index is 0.000000222. The number of benzene rings is 2. The van der Waals surface area contributed by atoms with Crippen molar-refractivity contribution < 1.29 is 40.8 Å². The quantitative estimate of drug-likeness (QED) is 0.295. The summed E-state index contributed by atoms with van der Waals surface area (Å²) in [6.07, 6.45) is 0.919. The number of ketones is 2. The Labute approximate surface area is 231 Å². The molecule has 2 aromatic rings. The van der Waals surface area contributed by atoms with Gasteiger partial charge in [0.2, 0.25) is 0 Å². The van der Waals surface area contributed by atoms with E-state index in [1.165, 1.54) is 31.4 Å². The number of carbonyl (C=O) groups excluding carboxylic acids is 4. The van der Waals surface area contributed by atoms with Crippen LogP contribution in [0.1, 0.15) is 79.2 Å². The SMILES string of the molecule is CCc1cc2c(cc1C(=O)N=C(N)N)S(=O)(=O)CCC2=O.CCc1cc2c(cc1C(=O)OC)S(=O)(=O)CCC2=O. The first kappa shape index (κ1) is 30.6. The maximum Gasteiger partial charge on any atom is 0.338 e. The molecule has 0 atom stereocenters. The highest BCUT2D eigenvalue weighted by molar-refractivity contribution is 7.92. The summed E-state index contributed by atoms with van der Waals surface area (Å²) in [5.74, 6) is -2.61. The number of hydrogen-bond acceptors (Lipinski definition) is 9. The number of guanidine groups is 1. The van der Waals surface area contributed by atoms with Crippen molar-refractivity contribution in [1.82, 2.24) is 0 Å². The summed E-state index contributed by atoms with van der Waals surface area (Å²) in [5, 5.41) is 0. The van der Waals surface area contributed by atoms with Crippen LogP contribution in [0.15, 0.2) is 39.0 Å². The third kappa shape index (κ3) is 6.12. The predicted octanol–water partition coefficient (Wildman–Crippen LogP) is 1.42. The minimum atomic E-state index is -3.57. The van der Waals surface area contributed by atoms with Crippen molar-refractivity contribution in [1.29, 1.82) is 0 Å². The number of ether oxygens (including phenoxy) is 1. The van der Waals surface area contributed by atoms with Crippen molar-refractivity contribution in [3.8, 4) is 0 Å². The van der Waals surface area contributed by atoms with Gasteiger partial charge in [0.25, 0.3) is 5.91 Å². The number of carbonyl (C=O) groups is 4. The van der Waals surface area contributed by atoms with Crippen LogP contribution in [0.5, 0.6) is 0 Å². The Bertz CT molecular complexity index is 1670. The molecule has 0 spiro atoms. The summed E-state index contributed by atoms with van der Waals surface area (Å²) in [4.78, 5) is 50.6. The third-order valence-corrected chi connectivity index (χ3v) is 10.0. The Morgan fingerprint density at radius 3 is 1.62 bits per heavy atom. The molecule has 4 N–H and O–H groups in total. The number of fused-ring (bicyclic) bond motifs is 2. The van der Waals surface area contributed by atoms with Crippen LogP contribution in [0.25, 0.3) is 0 Å². The Morgan fingerprint density at radius 1 is 0.800 bits per heavy atom. The molecule has 2 aromatic carbocycles. The van der Waals surface area contributed by atoms with Crippen molar-refractivity contribution >= 4 is 49.1 Å². The molecule has 0 aromatic heterocycles. The van der Waals surface area contributed by atoms with E-state index in [0.717, 1.165) is 0 Å². The summed E-state index contributed by atoms with van der Waals surface area (Å²) in [5.41, 5.74) is 12.1. The molecule has 4 rings (SSSR count). The van der Waals surface area contributed by atoms with E-state index in [0.29, 0.717) is 24.0 Å². The zero-order valence-electron chi connectivity index (χ0n) is 22.1. The second-order valence-corrected chi connectivity index (χ2v) is 13.2. The lowest BCUT2D eigenvalue weighted by Crippen LogP contribution is -2.25. The number of aliphatic imine (C=N–C) groups is 1. The number of aryl methyl sites for hydroxylation is 2. The van der Waals surface area contributed by atoms with E-state index in [1.807, 2.05) is 6.92 Å². The molecular weight excluding hydrogens is 562 g/mol. The Kier molecular flexibility index (Phi) is 8.94. The van der Waals surface area contributed by atoms with Gasteiger partial charge in [-0.2, -0.15) is 4.99 Å². The molecule has 14 heteroatoms. The number of hydrogen-bond donors (Lipinski definition) is 2. The van der Waals surface area contributed by atoms with Crippen LogP contribution in [0.2, 0.25) is 0 Å². The largest absolute Gasteiger partial charge is 0.465 e. The zero-order valence-corrected chi connectivity index (χ0v) is 23.8. The second kappa shape index (κ2) is 11.7. The molecule has 0 aliphatic carbocycles. The van der Waals surface area contributed by atoms with Crippen LogP contribution in [0.3, 0.4) is 0 Å². The predicted molar refractivity (Wildman–Crippen MR) is 145 cm³/mol. The molecule has 0 fully saturated rings. The van der Waals surface area contributed by atoms with Gasteiger partial charge in [0.1, 0.15) is 0 Å². The van der Waals surface area contributed by atoms with Crippen LogP contribution in [-0.2, 0) is 37.3 Å². The van der Waals surface area contributed by atoms with Gasteiger partial charge in [0.05, 0.1) is 34.0 Å². The van der Waals surface area contributed by atoms with E-state index in [4.69, 9.17) is 11.5 Å². The fourth-order valence-corrected chi connectivity index (χ4v) is 7.36. The number of Topliss-reactive ketones (excluding diaryl/α,β-unsaturated/α-hetero) is 2. The van der Waals surface area contributed by atoms with Gasteiger partial charge in [-0.3, -0.25) is 14.4 Å². The van der Waals surface area contributed by atoms with E-state index in [2.05, 4.69) is 9.73 Å². The number of rotatable bonds is 4. The maximum atomic E-state index is 12.1. The van der Waals surface area contributed by atoms with Crippen molar-refractivity contribution in [3.05, 3.63) is 57.6 Å². The van der Waals surface area contributed by atoms with Crippen LogP contribution >= 0.6 is 0 Å². The first-order chi connectivity index (χ1) is 18.7. The molecule has 0 unspecified atom stereocenters. The van der Waals surface area contributed by atoms with E-state index >= 15 is 0 Å². The fourth-order valence-electron chi connectivity index (χ4n) is 4.40. The number of nitrogens with zero attached hydrogens (tertiary/aromatic N) is 1. The second-order valence-electron chi connectivity index (χ2n) is 9.04. The van der Waals surface area contributed by atoms with Gasteiger partial charge in [0, 0.05) is 29.5 Å². The van der Waals surface area contributed by atoms with Gasteiger partial charge in [-0.25, -0.2) is 21.6 Å². The molecule has 12 nitrogen and oxygen atoms in total. The first-order valence-electron chi connectivity index (χ1n) is 12.2. The monoisotopic (exact) mass is 591 g/mol. The summed E-state index contributed by atoms with van der Waals surface area (Å²) in [7, 11) is -5.82. The van der Waals surface area contributed by atoms with Gasteiger partial charge in [-0.05, 0) is 48.2 Å². The smallest absolute Gasteiger partial charge is 0.338 e. The fraction of sp³-hybridized carbons (Fsp3) is 0.346. The zero-order chi connectivity index (χ0) is 30.0. The van der Waals surface area contributed by atoms with Gasteiger partial charge in [0.15, 0.2) is 37.2 Å². The molecule has 0 radical (unpaired) electrons. The molecule has 40 heavy (non-hydrogen) atoms. The Morgan fingerprint density at radius 2 is 1.23 bits per heavy atom. The standard InChI is InChI=1S/C13H15N3O4S.C13H14O5S/c1-2-7-5-9-10(17)3-4-21(19,20)11(9)6-8(7)12(18)16-13(14)15;1-3-8-6-10-11(14)4-5-19(16,17)12(10)7-9(8)13(15)18-2/h5-6H,2-4H2,1H3,(H4,14,15,16,18);6-7H,3-5H2,1-2H3. The van der Waals surface area contributed by atoms with Crippen molar-refractivity contribution in [2.45, 2.75) is 49.3 Å². The molecule has 2 heterocycles. The molecule has 1 amide bonds. The summed E-state index contributed by atoms with van der Waals surface area (Å²) < 4.78 is 52.7. The highest BCUT2D eigenvalue weighted by Crippen LogP contribution is 2.30. The first-order valence-corrected chi connectivity index (χ1v) is 15.5. The van der Waals surface area contributed by atoms with Gasteiger partial charge in [-0.15, -0.1) is 0 Å². The number of methoxy groups -OCH3 is 1. The van der Waals surface area contributed by atoms with E-state index in [1.54, 1.807) is 6.92 Å². The molecule has 0 saturated carbocycles. The maximum absolute atomic E-state index is 12.1. The molecule has 2 aliphatic rings. The lowest BCUT2D eigenvalue weighted by Gasteiger charge is -2.18. The van der Waals surface area contributed by atoms with E-state index < -0.39 is 37.5 Å². The highest BCUT2D eigenvalue weighted by atomic mass is 32.2. The topological polar surface area (TPSA) is 210 Å². The molecule has 0 bridgehead atoms. The number of nitrogens with two attached hydrogens (primary N) is 2. The minimum Gasteiger partial charge on any atom is -0.465 e. The normalized spacial score (nSPS) is 16.5. The molecule has 0 saturated heterocycles. The highest BCUT2D eigenvalue weighted by Gasteiger charge is 2.32. The van der Waals surface area contributed by atoms with Crippen LogP contribution in [0.4, 0.5) is 0 Å². The average Bonchev–Trinajstić information content (AvgIpc) is 2.91. The molecular formula is C26H29N3O9S2. The number of esters is 1. The van der Waals surface area contributed by atoms with Gasteiger partial charge >= 0.3 is 5.97 Å².